The van der Waals surface area contributed by atoms with E-state index in [0.717, 1.165) is 5.56 Å². The van der Waals surface area contributed by atoms with Crippen LogP contribution in [0.5, 0.6) is 5.75 Å². The number of phenolic OH excluding ortho intramolecular Hbond substituents is 1. The molecular formula is C12H12N2O3. The lowest BCUT2D eigenvalue weighted by atomic mass is 10.1. The van der Waals surface area contributed by atoms with Gasteiger partial charge in [-0.15, -0.1) is 0 Å². The number of aromatic hydroxyl groups is 1. The van der Waals surface area contributed by atoms with Crippen molar-refractivity contribution in [1.82, 2.24) is 4.90 Å². The van der Waals surface area contributed by atoms with Crippen LogP contribution in [-0.4, -0.2) is 28.4 Å². The molecular weight excluding hydrogens is 220 g/mol. The van der Waals surface area contributed by atoms with Crippen LogP contribution in [0.2, 0.25) is 0 Å². The molecule has 0 atom stereocenters. The number of hydrogen-bond acceptors (Lipinski definition) is 4. The molecule has 1 aromatic rings. The van der Waals surface area contributed by atoms with Gasteiger partial charge in [0.05, 0.1) is 5.69 Å². The van der Waals surface area contributed by atoms with Crippen LogP contribution in [0.1, 0.15) is 5.56 Å². The van der Waals surface area contributed by atoms with E-state index in [1.165, 1.54) is 23.1 Å². The van der Waals surface area contributed by atoms with Crippen LogP contribution in [0.4, 0.5) is 5.69 Å². The van der Waals surface area contributed by atoms with Gasteiger partial charge in [0.1, 0.15) is 5.75 Å². The zero-order valence-corrected chi connectivity index (χ0v) is 9.09. The molecule has 88 valence electrons. The fourth-order valence-electron chi connectivity index (χ4n) is 1.65. The Hall–Kier alpha value is -2.30. The van der Waals surface area contributed by atoms with Crippen molar-refractivity contribution in [3.05, 3.63) is 35.9 Å². The predicted molar refractivity (Wildman–Crippen MR) is 62.1 cm³/mol. The van der Waals surface area contributed by atoms with Crippen molar-refractivity contribution in [2.24, 2.45) is 0 Å². The van der Waals surface area contributed by atoms with Crippen LogP contribution in [0.25, 0.3) is 0 Å². The Kier molecular flexibility index (Phi) is 2.82. The van der Waals surface area contributed by atoms with E-state index < -0.39 is 0 Å². The minimum absolute atomic E-state index is 0.0312. The summed E-state index contributed by atoms with van der Waals surface area (Å²) in [5.74, 6) is -0.549. The number of nitrogens with zero attached hydrogens (tertiary/aromatic N) is 1. The number of nitrogens with two attached hydrogens (primary N) is 1. The van der Waals surface area contributed by atoms with E-state index in [9.17, 15) is 14.7 Å². The van der Waals surface area contributed by atoms with Gasteiger partial charge >= 0.3 is 0 Å². The Balaban J connectivity index is 2.01. The summed E-state index contributed by atoms with van der Waals surface area (Å²) in [6, 6.07) is 4.84. The Labute approximate surface area is 98.1 Å². The average molecular weight is 232 g/mol. The number of amides is 2. The van der Waals surface area contributed by atoms with Gasteiger partial charge in [0, 0.05) is 18.7 Å². The summed E-state index contributed by atoms with van der Waals surface area (Å²) in [5, 5.41) is 9.25. The molecule has 0 bridgehead atoms. The Morgan fingerprint density at radius 2 is 1.82 bits per heavy atom. The van der Waals surface area contributed by atoms with Crippen molar-refractivity contribution in [3.63, 3.8) is 0 Å². The molecule has 1 heterocycles. The molecule has 0 saturated heterocycles. The van der Waals surface area contributed by atoms with E-state index in [1.807, 2.05) is 0 Å². The highest BCUT2D eigenvalue weighted by Crippen LogP contribution is 2.20. The summed E-state index contributed by atoms with van der Waals surface area (Å²) >= 11 is 0. The van der Waals surface area contributed by atoms with Gasteiger partial charge in [0.2, 0.25) is 0 Å². The number of nitrogen functional groups attached to an aromatic ring is 1. The summed E-state index contributed by atoms with van der Waals surface area (Å²) in [4.78, 5) is 23.7. The van der Waals surface area contributed by atoms with Gasteiger partial charge in [-0.25, -0.2) is 0 Å². The molecule has 0 spiro atoms. The maximum Gasteiger partial charge on any atom is 0.253 e. The zero-order valence-electron chi connectivity index (χ0n) is 9.09. The molecule has 0 unspecified atom stereocenters. The van der Waals surface area contributed by atoms with Crippen molar-refractivity contribution in [3.8, 4) is 5.75 Å². The molecule has 0 fully saturated rings. The zero-order chi connectivity index (χ0) is 12.4. The quantitative estimate of drug-likeness (QED) is 0.450. The molecule has 0 radical (unpaired) electrons. The third-order valence-corrected chi connectivity index (χ3v) is 2.62. The third-order valence-electron chi connectivity index (χ3n) is 2.62. The van der Waals surface area contributed by atoms with Gasteiger partial charge in [-0.1, -0.05) is 6.07 Å². The lowest BCUT2D eigenvalue weighted by Crippen LogP contribution is -2.31. The lowest BCUT2D eigenvalue weighted by molar-refractivity contribution is -0.136. The van der Waals surface area contributed by atoms with Crippen molar-refractivity contribution in [2.75, 3.05) is 12.3 Å². The Morgan fingerprint density at radius 3 is 2.41 bits per heavy atom. The van der Waals surface area contributed by atoms with Crippen LogP contribution in [0.3, 0.4) is 0 Å². The highest BCUT2D eigenvalue weighted by molar-refractivity contribution is 6.12. The number of benzene rings is 1. The number of hydrogen-bond donors (Lipinski definition) is 2. The van der Waals surface area contributed by atoms with E-state index in [-0.39, 0.29) is 17.6 Å². The highest BCUT2D eigenvalue weighted by Gasteiger charge is 2.22. The molecule has 5 nitrogen and oxygen atoms in total. The number of phenols is 1. The van der Waals surface area contributed by atoms with Crippen LogP contribution in [0, 0.1) is 0 Å². The Bertz CT molecular complexity index is 490. The van der Waals surface area contributed by atoms with Crippen molar-refractivity contribution in [1.29, 1.82) is 0 Å². The second-order valence-corrected chi connectivity index (χ2v) is 3.80. The standard InChI is InChI=1S/C12H12N2O3/c13-9-7-8(1-2-10(9)15)5-6-14-11(16)3-4-12(14)17/h1-4,7,15H,5-6,13H2. The van der Waals surface area contributed by atoms with Gasteiger partial charge in [0.25, 0.3) is 11.8 Å². The van der Waals surface area contributed by atoms with Crippen molar-refractivity contribution < 1.29 is 14.7 Å². The summed E-state index contributed by atoms with van der Waals surface area (Å²) in [6.07, 6.45) is 3.03. The Morgan fingerprint density at radius 1 is 1.18 bits per heavy atom. The number of carbonyl (C=O) groups is 2. The minimum Gasteiger partial charge on any atom is -0.506 e. The van der Waals surface area contributed by atoms with E-state index in [2.05, 4.69) is 0 Å². The van der Waals surface area contributed by atoms with E-state index >= 15 is 0 Å². The van der Waals surface area contributed by atoms with E-state index in [1.54, 1.807) is 12.1 Å². The number of anilines is 1. The maximum absolute atomic E-state index is 11.3. The SMILES string of the molecule is Nc1cc(CCN2C(=O)C=CC2=O)ccc1O. The van der Waals surface area contributed by atoms with Crippen LogP contribution < -0.4 is 5.73 Å². The van der Waals surface area contributed by atoms with Crippen LogP contribution >= 0.6 is 0 Å². The lowest BCUT2D eigenvalue weighted by Gasteiger charge is -2.13. The molecule has 3 N–H and O–H groups in total. The second kappa shape index (κ2) is 4.29. The normalized spacial score (nSPS) is 14.7. The predicted octanol–water partition coefficient (Wildman–Crippen LogP) is 0.442. The van der Waals surface area contributed by atoms with E-state index in [0.29, 0.717) is 18.7 Å². The molecule has 1 aromatic carbocycles. The topological polar surface area (TPSA) is 83.6 Å². The molecule has 5 heteroatoms. The molecule has 1 aliphatic rings. The summed E-state index contributed by atoms with van der Waals surface area (Å²) in [5.41, 5.74) is 6.71. The minimum atomic E-state index is -0.290. The first-order valence-corrected chi connectivity index (χ1v) is 5.19. The molecule has 2 rings (SSSR count). The first kappa shape index (κ1) is 11.2. The number of imide groups is 1. The first-order valence-electron chi connectivity index (χ1n) is 5.19. The monoisotopic (exact) mass is 232 g/mol. The van der Waals surface area contributed by atoms with Crippen LogP contribution in [-0.2, 0) is 16.0 Å². The summed E-state index contributed by atoms with van der Waals surface area (Å²) in [6.45, 7) is 0.314. The molecule has 2 amide bonds. The molecule has 0 aromatic heterocycles. The van der Waals surface area contributed by atoms with Gasteiger partial charge in [-0.2, -0.15) is 0 Å². The summed E-state index contributed by atoms with van der Waals surface area (Å²) in [7, 11) is 0. The molecule has 1 aliphatic heterocycles. The largest absolute Gasteiger partial charge is 0.506 e. The van der Waals surface area contributed by atoms with Gasteiger partial charge < -0.3 is 10.8 Å². The average Bonchev–Trinajstić information content (AvgIpc) is 2.61. The fraction of sp³-hybridized carbons (Fsp3) is 0.167. The highest BCUT2D eigenvalue weighted by atomic mass is 16.3. The van der Waals surface area contributed by atoms with Gasteiger partial charge in [0.15, 0.2) is 0 Å². The smallest absolute Gasteiger partial charge is 0.253 e. The van der Waals surface area contributed by atoms with Crippen LogP contribution in [0.15, 0.2) is 30.4 Å². The van der Waals surface area contributed by atoms with Crippen molar-refractivity contribution >= 4 is 17.5 Å². The second-order valence-electron chi connectivity index (χ2n) is 3.80. The fourth-order valence-corrected chi connectivity index (χ4v) is 1.65. The number of rotatable bonds is 3. The van der Waals surface area contributed by atoms with Gasteiger partial charge in [-0.05, 0) is 24.1 Å². The maximum atomic E-state index is 11.3. The molecule has 17 heavy (non-hydrogen) atoms. The first-order chi connectivity index (χ1) is 8.08. The number of carbonyl (C=O) groups excluding carboxylic acids is 2. The summed E-state index contributed by atoms with van der Waals surface area (Å²) < 4.78 is 0. The van der Waals surface area contributed by atoms with Crippen molar-refractivity contribution in [2.45, 2.75) is 6.42 Å². The molecule has 0 aliphatic carbocycles. The van der Waals surface area contributed by atoms with E-state index in [4.69, 9.17) is 5.73 Å². The third kappa shape index (κ3) is 2.28. The molecule has 0 saturated carbocycles. The van der Waals surface area contributed by atoms with Gasteiger partial charge in [-0.3, -0.25) is 14.5 Å².